The van der Waals surface area contributed by atoms with Crippen LogP contribution >= 0.6 is 0 Å². The van der Waals surface area contributed by atoms with Gasteiger partial charge in [0, 0.05) is 56.3 Å². The molecule has 1 aromatic heterocycles. The van der Waals surface area contributed by atoms with Gasteiger partial charge in [-0.2, -0.15) is 0 Å². The van der Waals surface area contributed by atoms with Crippen molar-refractivity contribution in [1.82, 2.24) is 0 Å². The van der Waals surface area contributed by atoms with Crippen molar-refractivity contribution in [2.75, 3.05) is 9.71 Å². The number of aryl methyl sites for hydroxylation is 4. The molecule has 9 aromatic carbocycles. The van der Waals surface area contributed by atoms with Crippen molar-refractivity contribution < 1.29 is 4.42 Å². The molecule has 3 nitrogen and oxygen atoms in total. The Bertz CT molecular complexity index is 4130. The summed E-state index contributed by atoms with van der Waals surface area (Å²) in [4.78, 5) is 5.34. The SMILES string of the molecule is Cc1cc(C)c(-c2cc3c4c(c2)N(c2ccc(C(C)(C)C)cc2C)c2cc5oc6cc7c(cc6c5cc2B4N(c2ccc4c(c2)C(C)(C)c2ccccc2-4)c2ccc4ccccc4c2-3)C(C)(C)CCC7(C)C)c(C)c1. The highest BCUT2D eigenvalue weighted by atomic mass is 16.3. The third-order valence-corrected chi connectivity index (χ3v) is 18.6. The van der Waals surface area contributed by atoms with Crippen molar-refractivity contribution in [3.8, 4) is 33.4 Å². The maximum Gasteiger partial charge on any atom is 0.333 e. The maximum atomic E-state index is 7.23. The summed E-state index contributed by atoms with van der Waals surface area (Å²) < 4.78 is 7.23. The van der Waals surface area contributed by atoms with Crippen LogP contribution in [-0.4, -0.2) is 6.85 Å². The molecule has 75 heavy (non-hydrogen) atoms. The Hall–Kier alpha value is -7.30. The molecule has 3 heterocycles. The molecule has 2 aliphatic carbocycles. The van der Waals surface area contributed by atoms with Crippen LogP contribution < -0.4 is 20.6 Å². The first-order chi connectivity index (χ1) is 35.7. The van der Waals surface area contributed by atoms with Crippen LogP contribution in [0.2, 0.25) is 0 Å². The molecule has 0 radical (unpaired) electrons. The van der Waals surface area contributed by atoms with Gasteiger partial charge in [0.25, 0.3) is 0 Å². The Labute approximate surface area is 444 Å². The van der Waals surface area contributed by atoms with Crippen molar-refractivity contribution in [3.63, 3.8) is 0 Å². The Balaban J connectivity index is 1.14. The zero-order valence-electron chi connectivity index (χ0n) is 46.2. The van der Waals surface area contributed by atoms with E-state index in [0.29, 0.717) is 0 Å². The second-order valence-corrected chi connectivity index (χ2v) is 25.8. The van der Waals surface area contributed by atoms with Crippen molar-refractivity contribution in [2.45, 2.75) is 125 Å². The number of hydrogen-bond acceptors (Lipinski definition) is 3. The van der Waals surface area contributed by atoms with Crippen molar-refractivity contribution >= 4 is 78.9 Å². The molecule has 0 saturated carbocycles. The van der Waals surface area contributed by atoms with Crippen LogP contribution in [0.15, 0.2) is 150 Å². The van der Waals surface area contributed by atoms with Crippen LogP contribution in [0, 0.1) is 27.7 Å². The molecule has 0 spiro atoms. The van der Waals surface area contributed by atoms with Gasteiger partial charge in [-0.05, 0) is 199 Å². The number of fused-ring (bicyclic) bond motifs is 13. The van der Waals surface area contributed by atoms with Gasteiger partial charge in [0.1, 0.15) is 11.2 Å². The third-order valence-electron chi connectivity index (χ3n) is 18.6. The summed E-state index contributed by atoms with van der Waals surface area (Å²) in [7, 11) is 0. The topological polar surface area (TPSA) is 19.6 Å². The molecule has 0 fully saturated rings. The van der Waals surface area contributed by atoms with E-state index in [4.69, 9.17) is 4.42 Å². The minimum absolute atomic E-state index is 0.00638. The minimum Gasteiger partial charge on any atom is -0.456 e. The number of nitrogens with zero attached hydrogens (tertiary/aromatic N) is 2. The van der Waals surface area contributed by atoms with Gasteiger partial charge in [0.15, 0.2) is 0 Å². The van der Waals surface area contributed by atoms with Gasteiger partial charge in [-0.1, -0.05) is 159 Å². The molecule has 0 N–H and O–H groups in total. The molecule has 0 saturated heterocycles. The van der Waals surface area contributed by atoms with Crippen LogP contribution in [0.3, 0.4) is 0 Å². The first kappa shape index (κ1) is 46.3. The third kappa shape index (κ3) is 6.54. The standard InChI is InChI=1S/C71H67BN2O/c1-40-30-42(3)65(43(4)31-40)45-33-53-66-48-19-15-14-18-44(48)22-26-60(66)74(47-24-25-50-49-20-16-17-21-54(49)71(12,13)55(50)35-47)72-58-37-52-51-36-56-57(70(10,11)29-28-69(56,8)9)38-63(51)75-64(52)39-61(58)73(62(34-45)67(53)72)59-27-23-46(32-41(59)2)68(5,6)7/h14-27,30-39H,28-29H2,1-13H3. The molecule has 0 unspecified atom stereocenters. The van der Waals surface area contributed by atoms with E-state index >= 15 is 0 Å². The zero-order chi connectivity index (χ0) is 52.0. The van der Waals surface area contributed by atoms with Crippen LogP contribution in [0.25, 0.3) is 66.1 Å². The van der Waals surface area contributed by atoms with E-state index in [2.05, 4.69) is 245 Å². The number of furan rings is 1. The lowest BCUT2D eigenvalue weighted by atomic mass is 9.43. The summed E-state index contributed by atoms with van der Waals surface area (Å²) in [5.41, 5.74) is 30.2. The second-order valence-electron chi connectivity index (χ2n) is 25.8. The van der Waals surface area contributed by atoms with Gasteiger partial charge in [-0.3, -0.25) is 0 Å². The monoisotopic (exact) mass is 975 g/mol. The van der Waals surface area contributed by atoms with Crippen LogP contribution in [0.4, 0.5) is 28.4 Å². The van der Waals surface area contributed by atoms with E-state index in [0.717, 1.165) is 29.7 Å². The number of anilines is 5. The Kier molecular flexibility index (Phi) is 9.50. The summed E-state index contributed by atoms with van der Waals surface area (Å²) in [6.07, 6.45) is 2.31. The molecule has 4 heteroatoms. The summed E-state index contributed by atoms with van der Waals surface area (Å²) in [6.45, 7) is 30.4. The predicted octanol–water partition coefficient (Wildman–Crippen LogP) is 18.3. The molecule has 0 atom stereocenters. The van der Waals surface area contributed by atoms with Crippen molar-refractivity contribution in [2.24, 2.45) is 0 Å². The van der Waals surface area contributed by atoms with Crippen LogP contribution in [0.1, 0.15) is 125 Å². The molecular formula is C71H67BN2O. The molecule has 14 rings (SSSR count). The van der Waals surface area contributed by atoms with E-state index in [-0.39, 0.29) is 28.5 Å². The fourth-order valence-electron chi connectivity index (χ4n) is 14.6. The number of rotatable bonds is 3. The van der Waals surface area contributed by atoms with Crippen LogP contribution in [-0.2, 0) is 21.7 Å². The quantitative estimate of drug-likeness (QED) is 0.165. The van der Waals surface area contributed by atoms with Gasteiger partial charge in [0.2, 0.25) is 0 Å². The minimum atomic E-state index is -0.189. The average Bonchev–Trinajstić information content (AvgIpc) is 3.86. The van der Waals surface area contributed by atoms with Gasteiger partial charge >= 0.3 is 6.85 Å². The average molecular weight is 975 g/mol. The Morgan fingerprint density at radius 1 is 0.493 bits per heavy atom. The van der Waals surface area contributed by atoms with E-state index in [1.54, 1.807) is 0 Å². The van der Waals surface area contributed by atoms with Gasteiger partial charge in [0.05, 0.1) is 0 Å². The highest BCUT2D eigenvalue weighted by Crippen LogP contribution is 2.55. The van der Waals surface area contributed by atoms with Crippen molar-refractivity contribution in [3.05, 3.63) is 196 Å². The fourth-order valence-corrected chi connectivity index (χ4v) is 14.6. The molecule has 10 aromatic rings. The molecule has 370 valence electrons. The lowest BCUT2D eigenvalue weighted by molar-refractivity contribution is 0.332. The molecule has 0 bridgehead atoms. The largest absolute Gasteiger partial charge is 0.456 e. The highest BCUT2D eigenvalue weighted by molar-refractivity contribution is 6.94. The molecule has 0 amide bonds. The maximum absolute atomic E-state index is 7.23. The van der Waals surface area contributed by atoms with Crippen LogP contribution in [0.5, 0.6) is 0 Å². The number of hydrogen-bond donors (Lipinski definition) is 0. The fraction of sp³-hybridized carbons (Fsp3) is 0.268. The highest BCUT2D eigenvalue weighted by Gasteiger charge is 2.48. The lowest BCUT2D eigenvalue weighted by Crippen LogP contribution is -2.61. The smallest absolute Gasteiger partial charge is 0.333 e. The first-order valence-corrected chi connectivity index (χ1v) is 27.5. The Morgan fingerprint density at radius 2 is 1.16 bits per heavy atom. The van der Waals surface area contributed by atoms with E-state index in [1.807, 2.05) is 0 Å². The lowest BCUT2D eigenvalue weighted by Gasteiger charge is -2.46. The normalized spacial score (nSPS) is 16.5. The van der Waals surface area contributed by atoms with E-state index in [1.165, 1.54) is 139 Å². The molecule has 4 aliphatic rings. The van der Waals surface area contributed by atoms with Gasteiger partial charge in [-0.25, -0.2) is 0 Å². The van der Waals surface area contributed by atoms with Crippen molar-refractivity contribution in [1.29, 1.82) is 0 Å². The Morgan fingerprint density at radius 3 is 1.91 bits per heavy atom. The van der Waals surface area contributed by atoms with E-state index < -0.39 is 0 Å². The summed E-state index contributed by atoms with van der Waals surface area (Å²) in [5, 5.41) is 4.88. The second kappa shape index (κ2) is 15.4. The zero-order valence-corrected chi connectivity index (χ0v) is 46.2. The first-order valence-electron chi connectivity index (χ1n) is 27.5. The van der Waals surface area contributed by atoms with E-state index in [9.17, 15) is 0 Å². The summed E-state index contributed by atoms with van der Waals surface area (Å²) in [6, 6.07) is 57.1. The number of benzene rings is 9. The molecular weight excluding hydrogens is 908 g/mol. The summed E-state index contributed by atoms with van der Waals surface area (Å²) >= 11 is 0. The van der Waals surface area contributed by atoms with Gasteiger partial charge in [-0.15, -0.1) is 0 Å². The molecule has 2 aliphatic heterocycles. The van der Waals surface area contributed by atoms with Gasteiger partial charge < -0.3 is 14.1 Å². The summed E-state index contributed by atoms with van der Waals surface area (Å²) in [5.74, 6) is 0. The predicted molar refractivity (Wildman–Crippen MR) is 321 cm³/mol.